The number of carbonyl (C=O) groups is 2. The first-order valence-corrected chi connectivity index (χ1v) is 11.5. The number of aromatic hydroxyl groups is 1. The number of fused-ring (bicyclic) bond motifs is 1. The number of allylic oxidation sites excluding steroid dienone is 2. The first kappa shape index (κ1) is 23.3. The zero-order valence-electron chi connectivity index (χ0n) is 19.6. The number of hydrogen-bond donors (Lipinski definition) is 3. The first-order valence-electron chi connectivity index (χ1n) is 11.5. The Bertz CT molecular complexity index is 1350. The maximum Gasteiger partial charge on any atom is 0.231 e. The quantitative estimate of drug-likeness (QED) is 0.490. The van der Waals surface area contributed by atoms with E-state index in [1.165, 1.54) is 12.1 Å². The highest BCUT2D eigenvalue weighted by Gasteiger charge is 2.32. The summed E-state index contributed by atoms with van der Waals surface area (Å²) in [5, 5.41) is 15.5. The molecule has 5 rings (SSSR count). The Morgan fingerprint density at radius 2 is 1.97 bits per heavy atom. The normalized spacial score (nSPS) is 16.8. The maximum absolute atomic E-state index is 13.5. The van der Waals surface area contributed by atoms with Crippen LogP contribution >= 0.6 is 0 Å². The highest BCUT2D eigenvalue weighted by atomic mass is 16.5. The van der Waals surface area contributed by atoms with E-state index in [9.17, 15) is 14.7 Å². The smallest absolute Gasteiger partial charge is 0.231 e. The highest BCUT2D eigenvalue weighted by molar-refractivity contribution is 6.26. The van der Waals surface area contributed by atoms with Crippen LogP contribution in [0, 0.1) is 0 Å². The van der Waals surface area contributed by atoms with Crippen molar-refractivity contribution in [3.63, 3.8) is 0 Å². The molecule has 36 heavy (non-hydrogen) atoms. The monoisotopic (exact) mass is 483 g/mol. The van der Waals surface area contributed by atoms with Crippen LogP contribution in [0.4, 0.5) is 11.8 Å². The van der Waals surface area contributed by atoms with Gasteiger partial charge in [-0.3, -0.25) is 20.2 Å². The summed E-state index contributed by atoms with van der Waals surface area (Å²) in [6.45, 7) is 0.973. The topological polar surface area (TPSA) is 117 Å². The fraction of sp³-hybridized carbons (Fsp3) is 0.185. The van der Waals surface area contributed by atoms with E-state index in [1.807, 2.05) is 47.4 Å². The lowest BCUT2D eigenvalue weighted by molar-refractivity contribution is -0.116. The average Bonchev–Trinajstić information content (AvgIpc) is 2.90. The zero-order chi connectivity index (χ0) is 25.1. The molecule has 2 heterocycles. The van der Waals surface area contributed by atoms with Crippen LogP contribution in [-0.4, -0.2) is 46.6 Å². The molecular formula is C27H25N5O4. The molecule has 1 amide bonds. The molecule has 1 aromatic heterocycles. The number of Topliss-reactive ketones (excluding diaryl/α,β-unsaturated/α-hetero) is 1. The van der Waals surface area contributed by atoms with E-state index in [-0.39, 0.29) is 29.8 Å². The molecule has 0 saturated heterocycles. The van der Waals surface area contributed by atoms with Crippen molar-refractivity contribution in [3.8, 4) is 11.5 Å². The number of aromatic nitrogens is 2. The van der Waals surface area contributed by atoms with Gasteiger partial charge in [-0.15, -0.1) is 0 Å². The summed E-state index contributed by atoms with van der Waals surface area (Å²) in [7, 11) is 1.60. The Labute approximate surface area is 208 Å². The van der Waals surface area contributed by atoms with Gasteiger partial charge in [0.2, 0.25) is 11.9 Å². The Kier molecular flexibility index (Phi) is 6.46. The van der Waals surface area contributed by atoms with Crippen LogP contribution < -0.4 is 20.3 Å². The van der Waals surface area contributed by atoms with E-state index in [1.54, 1.807) is 25.4 Å². The molecule has 0 saturated carbocycles. The lowest BCUT2D eigenvalue weighted by Crippen LogP contribution is -2.49. The number of phenols is 1. The van der Waals surface area contributed by atoms with Gasteiger partial charge in [0.25, 0.3) is 0 Å². The van der Waals surface area contributed by atoms with Crippen molar-refractivity contribution >= 4 is 29.0 Å². The number of methoxy groups -OCH3 is 1. The van der Waals surface area contributed by atoms with Gasteiger partial charge >= 0.3 is 0 Å². The van der Waals surface area contributed by atoms with Crippen molar-refractivity contribution < 1.29 is 19.4 Å². The van der Waals surface area contributed by atoms with Crippen LogP contribution in [0.5, 0.6) is 11.5 Å². The number of benzene rings is 2. The first-order chi connectivity index (χ1) is 17.5. The summed E-state index contributed by atoms with van der Waals surface area (Å²) in [6, 6.07) is 13.3. The third-order valence-corrected chi connectivity index (χ3v) is 6.09. The number of hydrogen-bond acceptors (Lipinski definition) is 8. The maximum atomic E-state index is 13.5. The minimum atomic E-state index is -0.561. The molecule has 3 N–H and O–H groups in total. The van der Waals surface area contributed by atoms with Gasteiger partial charge in [0.15, 0.2) is 5.78 Å². The molecule has 9 nitrogen and oxygen atoms in total. The van der Waals surface area contributed by atoms with Crippen LogP contribution in [0.1, 0.15) is 16.7 Å². The third-order valence-electron chi connectivity index (χ3n) is 6.09. The SMILES string of the molecule is COc1ccc(C2=CC=CC(N3CNCc4cnc(NC(=O)Cc5ccc(O)cc5)nc43)C2=O)cc1. The van der Waals surface area contributed by atoms with Crippen LogP contribution in [0.25, 0.3) is 5.57 Å². The number of phenolic OH excluding ortho intramolecular Hbond substituents is 1. The van der Waals surface area contributed by atoms with Crippen LogP contribution in [0.15, 0.2) is 73.0 Å². The van der Waals surface area contributed by atoms with Crippen LogP contribution in [0.2, 0.25) is 0 Å². The molecule has 1 aliphatic carbocycles. The fourth-order valence-electron chi connectivity index (χ4n) is 4.26. The molecule has 2 aromatic carbocycles. The zero-order valence-corrected chi connectivity index (χ0v) is 19.6. The lowest BCUT2D eigenvalue weighted by atomic mass is 9.92. The molecule has 182 valence electrons. The second-order valence-corrected chi connectivity index (χ2v) is 8.49. The summed E-state index contributed by atoms with van der Waals surface area (Å²) in [4.78, 5) is 36.9. The van der Waals surface area contributed by atoms with Gasteiger partial charge in [0.1, 0.15) is 23.4 Å². The molecule has 0 radical (unpaired) electrons. The molecule has 2 aliphatic rings. The van der Waals surface area contributed by atoms with E-state index in [2.05, 4.69) is 20.6 Å². The van der Waals surface area contributed by atoms with Crippen molar-refractivity contribution in [1.29, 1.82) is 0 Å². The number of carbonyl (C=O) groups excluding carboxylic acids is 2. The molecule has 3 aromatic rings. The minimum Gasteiger partial charge on any atom is -0.508 e. The highest BCUT2D eigenvalue weighted by Crippen LogP contribution is 2.30. The molecule has 1 atom stereocenters. The second kappa shape index (κ2) is 10.0. The van der Waals surface area contributed by atoms with E-state index >= 15 is 0 Å². The van der Waals surface area contributed by atoms with Gasteiger partial charge in [0, 0.05) is 23.9 Å². The van der Waals surface area contributed by atoms with Gasteiger partial charge in [-0.2, -0.15) is 4.98 Å². The van der Waals surface area contributed by atoms with Crippen LogP contribution in [0.3, 0.4) is 0 Å². The van der Waals surface area contributed by atoms with Crippen LogP contribution in [-0.2, 0) is 22.6 Å². The molecule has 1 unspecified atom stereocenters. The summed E-state index contributed by atoms with van der Waals surface area (Å²) in [5.41, 5.74) is 3.00. The third kappa shape index (κ3) is 4.82. The molecule has 0 fully saturated rings. The summed E-state index contributed by atoms with van der Waals surface area (Å²) in [6.07, 6.45) is 7.31. The molecular weight excluding hydrogens is 458 g/mol. The predicted octanol–water partition coefficient (Wildman–Crippen LogP) is 2.83. The Balaban J connectivity index is 1.35. The Morgan fingerprint density at radius 1 is 1.19 bits per heavy atom. The average molecular weight is 484 g/mol. The Morgan fingerprint density at radius 3 is 2.72 bits per heavy atom. The van der Waals surface area contributed by atoms with E-state index in [0.717, 1.165) is 22.4 Å². The van der Waals surface area contributed by atoms with Gasteiger partial charge in [-0.25, -0.2) is 4.98 Å². The van der Waals surface area contributed by atoms with E-state index in [4.69, 9.17) is 4.74 Å². The Hall–Kier alpha value is -4.50. The van der Waals surface area contributed by atoms with Crippen molar-refractivity contribution in [3.05, 3.63) is 89.6 Å². The van der Waals surface area contributed by atoms with E-state index < -0.39 is 6.04 Å². The molecule has 1 aliphatic heterocycles. The van der Waals surface area contributed by atoms with Crippen molar-refractivity contribution in [2.75, 3.05) is 24.0 Å². The van der Waals surface area contributed by atoms with Crippen molar-refractivity contribution in [2.45, 2.75) is 19.0 Å². The van der Waals surface area contributed by atoms with Gasteiger partial charge in [-0.1, -0.05) is 42.5 Å². The van der Waals surface area contributed by atoms with Gasteiger partial charge < -0.3 is 14.7 Å². The standard InChI is InChI=1S/C27H25N5O4/c1-36-21-11-7-18(8-12-21)22-3-2-4-23(25(22)35)32-16-28-14-19-15-29-27(31-26(19)32)30-24(34)13-17-5-9-20(33)10-6-17/h2-12,15,23,28,33H,13-14,16H2,1H3,(H,29,30,31,34). The molecule has 9 heteroatoms. The summed E-state index contributed by atoms with van der Waals surface area (Å²) < 4.78 is 5.23. The molecule has 0 bridgehead atoms. The number of amides is 1. The lowest BCUT2D eigenvalue weighted by Gasteiger charge is -2.36. The molecule has 0 spiro atoms. The van der Waals surface area contributed by atoms with Gasteiger partial charge in [0.05, 0.1) is 20.2 Å². The van der Waals surface area contributed by atoms with Crippen molar-refractivity contribution in [1.82, 2.24) is 15.3 Å². The number of ketones is 1. The summed E-state index contributed by atoms with van der Waals surface area (Å²) in [5.74, 6) is 1.31. The number of anilines is 2. The van der Waals surface area contributed by atoms with E-state index in [0.29, 0.717) is 24.6 Å². The summed E-state index contributed by atoms with van der Waals surface area (Å²) >= 11 is 0. The fourth-order valence-corrected chi connectivity index (χ4v) is 4.26. The van der Waals surface area contributed by atoms with Crippen molar-refractivity contribution in [2.24, 2.45) is 0 Å². The largest absolute Gasteiger partial charge is 0.508 e. The number of nitrogens with zero attached hydrogens (tertiary/aromatic N) is 3. The number of nitrogens with one attached hydrogen (secondary N) is 2. The minimum absolute atomic E-state index is 0.0474. The number of rotatable bonds is 6. The van der Waals surface area contributed by atoms with Gasteiger partial charge in [-0.05, 0) is 35.4 Å². The predicted molar refractivity (Wildman–Crippen MR) is 136 cm³/mol. The second-order valence-electron chi connectivity index (χ2n) is 8.49. The number of ether oxygens (including phenoxy) is 1.